The summed E-state index contributed by atoms with van der Waals surface area (Å²) in [7, 11) is 0. The van der Waals surface area contributed by atoms with Crippen molar-refractivity contribution in [2.24, 2.45) is 0 Å². The number of aliphatic hydroxyl groups excluding tert-OH is 1. The van der Waals surface area contributed by atoms with Crippen molar-refractivity contribution in [2.45, 2.75) is 31.5 Å². The summed E-state index contributed by atoms with van der Waals surface area (Å²) in [5.74, 6) is -0.758. The van der Waals surface area contributed by atoms with Gasteiger partial charge >= 0.3 is 5.97 Å². The van der Waals surface area contributed by atoms with Gasteiger partial charge in [-0.2, -0.15) is 0 Å². The summed E-state index contributed by atoms with van der Waals surface area (Å²) >= 11 is 0. The molecule has 0 aliphatic heterocycles. The standard InChI is InChI=1S/C22H16O7/c1-3-22(29-10(2)23)8-13-15(14(24)9-22)21(28)17-16(20(13)27)18(25)11-6-4-5-7-12(11)19(17)26/h1,4-7,14,24,27-28H,8-9H2,2H3. The van der Waals surface area contributed by atoms with Crippen LogP contribution in [0.25, 0.3) is 0 Å². The van der Waals surface area contributed by atoms with Gasteiger partial charge in [-0.3, -0.25) is 14.4 Å². The summed E-state index contributed by atoms with van der Waals surface area (Å²) in [5.41, 5.74) is -2.20. The number of carbonyl (C=O) groups excluding carboxylic acids is 3. The molecular formula is C22H16O7. The third kappa shape index (κ3) is 2.53. The molecule has 0 radical (unpaired) electrons. The fourth-order valence-electron chi connectivity index (χ4n) is 4.19. The molecule has 0 heterocycles. The van der Waals surface area contributed by atoms with Gasteiger partial charge in [0.2, 0.25) is 0 Å². The number of phenols is 2. The van der Waals surface area contributed by atoms with E-state index in [2.05, 4.69) is 5.92 Å². The van der Waals surface area contributed by atoms with E-state index in [0.29, 0.717) is 0 Å². The zero-order chi connectivity index (χ0) is 21.1. The van der Waals surface area contributed by atoms with Gasteiger partial charge in [0.05, 0.1) is 17.2 Å². The third-order valence-corrected chi connectivity index (χ3v) is 5.38. The smallest absolute Gasteiger partial charge is 0.304 e. The van der Waals surface area contributed by atoms with Crippen molar-refractivity contribution >= 4 is 17.5 Å². The number of phenolic OH excluding ortho intramolecular Hbond substituents is 2. The highest BCUT2D eigenvalue weighted by molar-refractivity contribution is 6.30. The molecule has 2 atom stereocenters. The molecule has 0 saturated heterocycles. The molecule has 0 saturated carbocycles. The lowest BCUT2D eigenvalue weighted by Crippen LogP contribution is -2.41. The molecular weight excluding hydrogens is 376 g/mol. The highest BCUT2D eigenvalue weighted by Crippen LogP contribution is 2.50. The summed E-state index contributed by atoms with van der Waals surface area (Å²) < 4.78 is 5.22. The van der Waals surface area contributed by atoms with Crippen LogP contribution in [-0.2, 0) is 16.0 Å². The van der Waals surface area contributed by atoms with Crippen molar-refractivity contribution in [3.8, 4) is 23.8 Å². The quantitative estimate of drug-likeness (QED) is 0.328. The third-order valence-electron chi connectivity index (χ3n) is 5.38. The van der Waals surface area contributed by atoms with E-state index in [1.54, 1.807) is 12.1 Å². The van der Waals surface area contributed by atoms with Crippen LogP contribution in [0.4, 0.5) is 0 Å². The van der Waals surface area contributed by atoms with Crippen molar-refractivity contribution in [3.63, 3.8) is 0 Å². The molecule has 2 aromatic carbocycles. The average molecular weight is 392 g/mol. The second-order valence-corrected chi connectivity index (χ2v) is 7.17. The molecule has 0 bridgehead atoms. The molecule has 0 amide bonds. The maximum absolute atomic E-state index is 13.0. The minimum Gasteiger partial charge on any atom is -0.507 e. The van der Waals surface area contributed by atoms with E-state index in [1.165, 1.54) is 12.1 Å². The molecule has 7 nitrogen and oxygen atoms in total. The molecule has 146 valence electrons. The van der Waals surface area contributed by atoms with Gasteiger partial charge in [-0.1, -0.05) is 30.2 Å². The number of aromatic hydroxyl groups is 2. The Bertz CT molecular complexity index is 1150. The highest BCUT2D eigenvalue weighted by Gasteiger charge is 2.46. The molecule has 29 heavy (non-hydrogen) atoms. The Balaban J connectivity index is 1.99. The Morgan fingerprint density at radius 1 is 1.14 bits per heavy atom. The molecule has 0 fully saturated rings. The van der Waals surface area contributed by atoms with E-state index in [9.17, 15) is 29.7 Å². The molecule has 3 N–H and O–H groups in total. The average Bonchev–Trinajstić information content (AvgIpc) is 2.68. The molecule has 2 aromatic rings. The first kappa shape index (κ1) is 18.7. The highest BCUT2D eigenvalue weighted by atomic mass is 16.6. The van der Waals surface area contributed by atoms with E-state index >= 15 is 0 Å². The first-order valence-corrected chi connectivity index (χ1v) is 8.85. The van der Waals surface area contributed by atoms with E-state index in [4.69, 9.17) is 11.2 Å². The number of hydrogen-bond acceptors (Lipinski definition) is 7. The second-order valence-electron chi connectivity index (χ2n) is 7.17. The van der Waals surface area contributed by atoms with Gasteiger partial charge in [-0.15, -0.1) is 6.42 Å². The number of rotatable bonds is 1. The summed E-state index contributed by atoms with van der Waals surface area (Å²) in [6, 6.07) is 6.07. The molecule has 0 spiro atoms. The zero-order valence-electron chi connectivity index (χ0n) is 15.4. The number of benzene rings is 2. The summed E-state index contributed by atoms with van der Waals surface area (Å²) in [4.78, 5) is 37.4. The largest absolute Gasteiger partial charge is 0.507 e. The van der Waals surface area contributed by atoms with Gasteiger partial charge in [0, 0.05) is 42.0 Å². The Morgan fingerprint density at radius 2 is 1.69 bits per heavy atom. The summed E-state index contributed by atoms with van der Waals surface area (Å²) in [6.07, 6.45) is 3.65. The topological polar surface area (TPSA) is 121 Å². The predicted molar refractivity (Wildman–Crippen MR) is 99.7 cm³/mol. The van der Waals surface area contributed by atoms with Gasteiger partial charge in [0.1, 0.15) is 11.5 Å². The lowest BCUT2D eigenvalue weighted by molar-refractivity contribution is -0.154. The molecule has 2 aliphatic rings. The van der Waals surface area contributed by atoms with Crippen LogP contribution in [0.1, 0.15) is 62.4 Å². The van der Waals surface area contributed by atoms with E-state index in [1.807, 2.05) is 0 Å². The van der Waals surface area contributed by atoms with Crippen LogP contribution >= 0.6 is 0 Å². The molecule has 7 heteroatoms. The van der Waals surface area contributed by atoms with Crippen LogP contribution in [0.5, 0.6) is 11.5 Å². The van der Waals surface area contributed by atoms with Crippen molar-refractivity contribution in [1.82, 2.24) is 0 Å². The van der Waals surface area contributed by atoms with Crippen LogP contribution < -0.4 is 0 Å². The van der Waals surface area contributed by atoms with Crippen LogP contribution in [0, 0.1) is 12.3 Å². The zero-order valence-corrected chi connectivity index (χ0v) is 15.4. The van der Waals surface area contributed by atoms with Crippen molar-refractivity contribution in [3.05, 3.63) is 57.6 Å². The molecule has 0 aromatic heterocycles. The van der Waals surface area contributed by atoms with Crippen molar-refractivity contribution < 1.29 is 34.4 Å². The number of ether oxygens (including phenoxy) is 1. The number of fused-ring (bicyclic) bond motifs is 3. The monoisotopic (exact) mass is 392 g/mol. The fraction of sp³-hybridized carbons (Fsp3) is 0.227. The van der Waals surface area contributed by atoms with E-state index in [0.717, 1.165) is 6.92 Å². The Labute approximate surface area is 165 Å². The normalized spacial score (nSPS) is 22.2. The van der Waals surface area contributed by atoms with Gasteiger partial charge in [-0.25, -0.2) is 0 Å². The first-order valence-electron chi connectivity index (χ1n) is 8.85. The Morgan fingerprint density at radius 3 is 2.21 bits per heavy atom. The fourth-order valence-corrected chi connectivity index (χ4v) is 4.19. The number of hydrogen-bond donors (Lipinski definition) is 3. The van der Waals surface area contributed by atoms with Crippen LogP contribution in [0.3, 0.4) is 0 Å². The van der Waals surface area contributed by atoms with Gasteiger partial charge in [0.15, 0.2) is 17.2 Å². The number of aliphatic hydroxyl groups is 1. The van der Waals surface area contributed by atoms with Crippen LogP contribution in [0.2, 0.25) is 0 Å². The number of terminal acetylenes is 1. The Hall–Kier alpha value is -3.63. The lowest BCUT2D eigenvalue weighted by Gasteiger charge is -2.37. The molecule has 4 rings (SSSR count). The second kappa shape index (κ2) is 6.19. The molecule has 2 unspecified atom stereocenters. The minimum atomic E-state index is -1.56. The maximum Gasteiger partial charge on any atom is 0.304 e. The first-order chi connectivity index (χ1) is 13.7. The maximum atomic E-state index is 13.0. The number of esters is 1. The summed E-state index contributed by atoms with van der Waals surface area (Å²) in [6.45, 7) is 1.16. The SMILES string of the molecule is C#CC1(OC(C)=O)Cc2c(O)c3c(c(O)c2C(O)C1)C(=O)c1ccccc1C3=O. The van der Waals surface area contributed by atoms with Crippen molar-refractivity contribution in [2.75, 3.05) is 0 Å². The molecule has 2 aliphatic carbocycles. The van der Waals surface area contributed by atoms with Gasteiger partial charge in [-0.05, 0) is 0 Å². The number of carbonyl (C=O) groups is 3. The van der Waals surface area contributed by atoms with E-state index in [-0.39, 0.29) is 46.2 Å². The van der Waals surface area contributed by atoms with Crippen LogP contribution in [0.15, 0.2) is 24.3 Å². The lowest BCUT2D eigenvalue weighted by atomic mass is 9.73. The van der Waals surface area contributed by atoms with Gasteiger partial charge < -0.3 is 20.1 Å². The predicted octanol–water partition coefficient (Wildman–Crippen LogP) is 1.79. The van der Waals surface area contributed by atoms with Crippen molar-refractivity contribution in [1.29, 1.82) is 0 Å². The van der Waals surface area contributed by atoms with Crippen LogP contribution in [-0.4, -0.2) is 38.5 Å². The Kier molecular flexibility index (Phi) is 4.00. The summed E-state index contributed by atoms with van der Waals surface area (Å²) in [5, 5.41) is 32.3. The minimum absolute atomic E-state index is 0.0280. The van der Waals surface area contributed by atoms with E-state index < -0.39 is 40.7 Å². The van der Waals surface area contributed by atoms with Gasteiger partial charge in [0.25, 0.3) is 0 Å². The number of ketones is 2.